The molecule has 1 aromatic carbocycles. The van der Waals surface area contributed by atoms with Crippen molar-refractivity contribution in [3.05, 3.63) is 29.3 Å². The smallest absolute Gasteiger partial charge is 0.0544 e. The zero-order chi connectivity index (χ0) is 14.0. The van der Waals surface area contributed by atoms with Gasteiger partial charge in [0.15, 0.2) is 0 Å². The lowest BCUT2D eigenvalue weighted by Gasteiger charge is -2.46. The molecule has 0 spiro atoms. The Hall–Kier alpha value is -1.06. The standard InChI is InChI=1S/C16H27N3/c1-12-6-7-13(2)16(8-12)19-14(3)10-18(5)11-15(19)9-17-4/h6-8,14-15,17H,9-11H2,1-5H3. The first kappa shape index (κ1) is 14.4. The summed E-state index contributed by atoms with van der Waals surface area (Å²) >= 11 is 0. The molecule has 106 valence electrons. The normalized spacial score (nSPS) is 24.8. The van der Waals surface area contributed by atoms with Gasteiger partial charge in [0.05, 0.1) is 6.04 Å². The number of rotatable bonds is 3. The lowest BCUT2D eigenvalue weighted by Crippen LogP contribution is -2.59. The largest absolute Gasteiger partial charge is 0.362 e. The first-order valence-electron chi connectivity index (χ1n) is 7.21. The fraction of sp³-hybridized carbons (Fsp3) is 0.625. The quantitative estimate of drug-likeness (QED) is 0.898. The molecule has 1 fully saturated rings. The summed E-state index contributed by atoms with van der Waals surface area (Å²) in [5.74, 6) is 0. The van der Waals surface area contributed by atoms with Gasteiger partial charge in [0.25, 0.3) is 0 Å². The molecule has 0 radical (unpaired) electrons. The summed E-state index contributed by atoms with van der Waals surface area (Å²) in [5, 5.41) is 3.34. The number of hydrogen-bond acceptors (Lipinski definition) is 3. The molecule has 1 aromatic rings. The zero-order valence-electron chi connectivity index (χ0n) is 12.9. The molecule has 3 heteroatoms. The zero-order valence-corrected chi connectivity index (χ0v) is 12.9. The minimum Gasteiger partial charge on any atom is -0.362 e. The summed E-state index contributed by atoms with van der Waals surface area (Å²) in [6.07, 6.45) is 0. The van der Waals surface area contributed by atoms with Gasteiger partial charge in [0.1, 0.15) is 0 Å². The van der Waals surface area contributed by atoms with Crippen LogP contribution >= 0.6 is 0 Å². The van der Waals surface area contributed by atoms with E-state index in [1.54, 1.807) is 0 Å². The lowest BCUT2D eigenvalue weighted by atomic mass is 10.0. The number of anilines is 1. The first-order chi connectivity index (χ1) is 9.02. The van der Waals surface area contributed by atoms with Crippen molar-refractivity contribution in [2.75, 3.05) is 38.6 Å². The Labute approximate surface area is 117 Å². The van der Waals surface area contributed by atoms with E-state index in [4.69, 9.17) is 0 Å². The summed E-state index contributed by atoms with van der Waals surface area (Å²) in [5.41, 5.74) is 4.12. The van der Waals surface area contributed by atoms with Crippen LogP contribution in [0.5, 0.6) is 0 Å². The second kappa shape index (κ2) is 5.93. The van der Waals surface area contributed by atoms with Crippen molar-refractivity contribution in [3.8, 4) is 0 Å². The van der Waals surface area contributed by atoms with E-state index in [9.17, 15) is 0 Å². The fourth-order valence-electron chi connectivity index (χ4n) is 3.25. The average Bonchev–Trinajstić information content (AvgIpc) is 2.33. The van der Waals surface area contributed by atoms with Crippen molar-refractivity contribution in [2.45, 2.75) is 32.9 Å². The molecule has 0 aliphatic carbocycles. The summed E-state index contributed by atoms with van der Waals surface area (Å²) in [6.45, 7) is 10.0. The molecule has 1 saturated heterocycles. The van der Waals surface area contributed by atoms with Crippen LogP contribution in [0.4, 0.5) is 5.69 Å². The predicted molar refractivity (Wildman–Crippen MR) is 83.1 cm³/mol. The van der Waals surface area contributed by atoms with Gasteiger partial charge in [0, 0.05) is 31.4 Å². The van der Waals surface area contributed by atoms with Crippen LogP contribution in [0.2, 0.25) is 0 Å². The van der Waals surface area contributed by atoms with Gasteiger partial charge in [-0.1, -0.05) is 12.1 Å². The minimum absolute atomic E-state index is 0.541. The highest BCUT2D eigenvalue weighted by Gasteiger charge is 2.30. The third-order valence-corrected chi connectivity index (χ3v) is 4.05. The first-order valence-corrected chi connectivity index (χ1v) is 7.21. The molecular weight excluding hydrogens is 234 g/mol. The van der Waals surface area contributed by atoms with Crippen molar-refractivity contribution >= 4 is 5.69 Å². The van der Waals surface area contributed by atoms with E-state index < -0.39 is 0 Å². The van der Waals surface area contributed by atoms with Crippen molar-refractivity contribution < 1.29 is 0 Å². The van der Waals surface area contributed by atoms with Crippen molar-refractivity contribution in [2.24, 2.45) is 0 Å². The molecular formula is C16H27N3. The van der Waals surface area contributed by atoms with Crippen LogP contribution in [-0.4, -0.2) is 50.7 Å². The molecule has 0 amide bonds. The molecule has 0 bridgehead atoms. The monoisotopic (exact) mass is 261 g/mol. The molecule has 3 nitrogen and oxygen atoms in total. The van der Waals surface area contributed by atoms with Crippen molar-refractivity contribution in [3.63, 3.8) is 0 Å². The van der Waals surface area contributed by atoms with Crippen LogP contribution in [0.3, 0.4) is 0 Å². The van der Waals surface area contributed by atoms with E-state index in [1.807, 2.05) is 7.05 Å². The molecule has 0 aromatic heterocycles. The summed E-state index contributed by atoms with van der Waals surface area (Å²) in [4.78, 5) is 5.05. The Morgan fingerprint density at radius 1 is 1.26 bits per heavy atom. The van der Waals surface area contributed by atoms with E-state index in [2.05, 4.69) is 61.1 Å². The van der Waals surface area contributed by atoms with Gasteiger partial charge in [-0.15, -0.1) is 0 Å². The van der Waals surface area contributed by atoms with Gasteiger partial charge in [-0.2, -0.15) is 0 Å². The molecule has 2 unspecified atom stereocenters. The molecule has 1 aliphatic heterocycles. The number of hydrogen-bond donors (Lipinski definition) is 1. The van der Waals surface area contributed by atoms with Gasteiger partial charge in [-0.3, -0.25) is 0 Å². The van der Waals surface area contributed by atoms with Gasteiger partial charge in [-0.05, 0) is 52.1 Å². The second-order valence-electron chi connectivity index (χ2n) is 5.98. The summed E-state index contributed by atoms with van der Waals surface area (Å²) in [6, 6.07) is 7.87. The number of piperazine rings is 1. The van der Waals surface area contributed by atoms with Gasteiger partial charge >= 0.3 is 0 Å². The molecule has 1 N–H and O–H groups in total. The third kappa shape index (κ3) is 3.10. The van der Waals surface area contributed by atoms with Crippen LogP contribution < -0.4 is 10.2 Å². The van der Waals surface area contributed by atoms with Crippen LogP contribution in [-0.2, 0) is 0 Å². The van der Waals surface area contributed by atoms with Crippen LogP contribution in [0.25, 0.3) is 0 Å². The van der Waals surface area contributed by atoms with E-state index in [1.165, 1.54) is 16.8 Å². The number of benzene rings is 1. The average molecular weight is 261 g/mol. The predicted octanol–water partition coefficient (Wildman–Crippen LogP) is 2.03. The molecule has 2 rings (SSSR count). The highest BCUT2D eigenvalue weighted by Crippen LogP contribution is 2.28. The van der Waals surface area contributed by atoms with E-state index in [0.29, 0.717) is 12.1 Å². The molecule has 1 heterocycles. The van der Waals surface area contributed by atoms with Gasteiger partial charge in [-0.25, -0.2) is 0 Å². The summed E-state index contributed by atoms with van der Waals surface area (Å²) < 4.78 is 0. The van der Waals surface area contributed by atoms with E-state index >= 15 is 0 Å². The molecule has 0 saturated carbocycles. The SMILES string of the molecule is CNCC1CN(C)CC(C)N1c1cc(C)ccc1C. The third-order valence-electron chi connectivity index (χ3n) is 4.05. The van der Waals surface area contributed by atoms with Gasteiger partial charge in [0.2, 0.25) is 0 Å². The fourth-order valence-corrected chi connectivity index (χ4v) is 3.25. The van der Waals surface area contributed by atoms with Crippen molar-refractivity contribution in [1.82, 2.24) is 10.2 Å². The number of aryl methyl sites for hydroxylation is 2. The Balaban J connectivity index is 2.34. The minimum atomic E-state index is 0.541. The lowest BCUT2D eigenvalue weighted by molar-refractivity contribution is 0.230. The number of nitrogens with zero attached hydrogens (tertiary/aromatic N) is 2. The molecule has 1 aliphatic rings. The maximum atomic E-state index is 3.34. The number of likely N-dealkylation sites (N-methyl/N-ethyl adjacent to an activating group) is 2. The van der Waals surface area contributed by atoms with Crippen molar-refractivity contribution in [1.29, 1.82) is 0 Å². The highest BCUT2D eigenvalue weighted by molar-refractivity contribution is 5.57. The van der Waals surface area contributed by atoms with E-state index in [-0.39, 0.29) is 0 Å². The summed E-state index contributed by atoms with van der Waals surface area (Å²) in [7, 11) is 4.26. The maximum absolute atomic E-state index is 3.34. The maximum Gasteiger partial charge on any atom is 0.0544 e. The Morgan fingerprint density at radius 3 is 2.68 bits per heavy atom. The van der Waals surface area contributed by atoms with Crippen LogP contribution in [0, 0.1) is 13.8 Å². The van der Waals surface area contributed by atoms with Crippen LogP contribution in [0.15, 0.2) is 18.2 Å². The molecule has 2 atom stereocenters. The number of nitrogens with one attached hydrogen (secondary N) is 1. The van der Waals surface area contributed by atoms with E-state index in [0.717, 1.165) is 19.6 Å². The topological polar surface area (TPSA) is 18.5 Å². The Kier molecular flexibility index (Phi) is 4.48. The second-order valence-corrected chi connectivity index (χ2v) is 5.98. The van der Waals surface area contributed by atoms with Gasteiger partial charge < -0.3 is 15.1 Å². The highest BCUT2D eigenvalue weighted by atomic mass is 15.3. The Bertz CT molecular complexity index is 430. The Morgan fingerprint density at radius 2 is 2.00 bits per heavy atom. The van der Waals surface area contributed by atoms with Crippen LogP contribution in [0.1, 0.15) is 18.1 Å². The molecule has 19 heavy (non-hydrogen) atoms.